The Bertz CT molecular complexity index is 925. The molecule has 0 saturated carbocycles. The van der Waals surface area contributed by atoms with E-state index in [1.165, 1.54) is 39.0 Å². The van der Waals surface area contributed by atoms with Gasteiger partial charge in [0.05, 0.1) is 16.9 Å². The van der Waals surface area contributed by atoms with Gasteiger partial charge in [-0.25, -0.2) is 0 Å². The standard InChI is InChI=1S/C20H17NS/c1-14-6-5-7-15(2)20(14)21-18-9-4-3-8-16(18)12-19(21)17-10-11-22-13-17/h3-13H,1-2H3. The summed E-state index contributed by atoms with van der Waals surface area (Å²) in [4.78, 5) is 0. The zero-order valence-electron chi connectivity index (χ0n) is 12.7. The van der Waals surface area contributed by atoms with E-state index in [-0.39, 0.29) is 0 Å². The fraction of sp³-hybridized carbons (Fsp3) is 0.100. The Morgan fingerprint density at radius 1 is 0.864 bits per heavy atom. The topological polar surface area (TPSA) is 4.93 Å². The van der Waals surface area contributed by atoms with Crippen LogP contribution in [0.1, 0.15) is 11.1 Å². The molecule has 0 unspecified atom stereocenters. The number of benzene rings is 2. The molecule has 0 aliphatic carbocycles. The molecule has 2 aromatic heterocycles. The lowest BCUT2D eigenvalue weighted by atomic mass is 10.1. The predicted octanol–water partition coefficient (Wildman–Crippen LogP) is 5.98. The molecule has 2 heterocycles. The molecule has 0 fully saturated rings. The number of fused-ring (bicyclic) bond motifs is 1. The fourth-order valence-electron chi connectivity index (χ4n) is 3.18. The first-order valence-corrected chi connectivity index (χ1v) is 8.39. The first-order chi connectivity index (χ1) is 10.8. The van der Waals surface area contributed by atoms with Gasteiger partial charge in [-0.15, -0.1) is 0 Å². The molecule has 0 spiro atoms. The maximum atomic E-state index is 2.40. The largest absolute Gasteiger partial charge is 0.309 e. The molecule has 4 rings (SSSR count). The summed E-state index contributed by atoms with van der Waals surface area (Å²) in [5, 5.41) is 5.65. The summed E-state index contributed by atoms with van der Waals surface area (Å²) in [6, 6.07) is 19.6. The maximum Gasteiger partial charge on any atom is 0.0549 e. The van der Waals surface area contributed by atoms with Crippen LogP contribution in [0.4, 0.5) is 0 Å². The van der Waals surface area contributed by atoms with Crippen molar-refractivity contribution in [2.24, 2.45) is 0 Å². The van der Waals surface area contributed by atoms with Crippen LogP contribution < -0.4 is 0 Å². The fourth-order valence-corrected chi connectivity index (χ4v) is 3.83. The third kappa shape index (κ3) is 1.99. The molecule has 2 aromatic carbocycles. The number of rotatable bonds is 2. The Labute approximate surface area is 134 Å². The SMILES string of the molecule is Cc1cccc(C)c1-n1c(-c2ccsc2)cc2ccccc21. The molecule has 2 heteroatoms. The first kappa shape index (κ1) is 13.4. The van der Waals surface area contributed by atoms with Gasteiger partial charge in [-0.2, -0.15) is 11.3 Å². The molecule has 4 aromatic rings. The average molecular weight is 303 g/mol. The summed E-state index contributed by atoms with van der Waals surface area (Å²) < 4.78 is 2.40. The average Bonchev–Trinajstić information content (AvgIpc) is 3.14. The van der Waals surface area contributed by atoms with Crippen LogP contribution >= 0.6 is 11.3 Å². The van der Waals surface area contributed by atoms with E-state index in [9.17, 15) is 0 Å². The number of nitrogens with zero attached hydrogens (tertiary/aromatic N) is 1. The second-order valence-corrected chi connectivity index (χ2v) is 6.46. The van der Waals surface area contributed by atoms with E-state index < -0.39 is 0 Å². The highest BCUT2D eigenvalue weighted by Gasteiger charge is 2.15. The molecule has 0 radical (unpaired) electrons. The lowest BCUT2D eigenvalue weighted by Gasteiger charge is -2.16. The monoisotopic (exact) mass is 303 g/mol. The minimum Gasteiger partial charge on any atom is -0.309 e. The van der Waals surface area contributed by atoms with Crippen molar-refractivity contribution in [2.75, 3.05) is 0 Å². The van der Waals surface area contributed by atoms with Crippen LogP contribution in [-0.4, -0.2) is 4.57 Å². The van der Waals surface area contributed by atoms with Crippen LogP contribution in [0.25, 0.3) is 27.8 Å². The molecule has 0 amide bonds. The Kier molecular flexibility index (Phi) is 3.12. The van der Waals surface area contributed by atoms with Gasteiger partial charge >= 0.3 is 0 Å². The van der Waals surface area contributed by atoms with Crippen LogP contribution in [0.15, 0.2) is 65.4 Å². The van der Waals surface area contributed by atoms with E-state index in [0.717, 1.165) is 0 Å². The van der Waals surface area contributed by atoms with E-state index in [0.29, 0.717) is 0 Å². The predicted molar refractivity (Wildman–Crippen MR) is 96.1 cm³/mol. The van der Waals surface area contributed by atoms with Crippen molar-refractivity contribution >= 4 is 22.2 Å². The smallest absolute Gasteiger partial charge is 0.0549 e. The van der Waals surface area contributed by atoms with Crippen LogP contribution in [-0.2, 0) is 0 Å². The highest BCUT2D eigenvalue weighted by Crippen LogP contribution is 2.34. The van der Waals surface area contributed by atoms with Crippen molar-refractivity contribution in [3.63, 3.8) is 0 Å². The summed E-state index contributed by atoms with van der Waals surface area (Å²) >= 11 is 1.74. The Morgan fingerprint density at radius 3 is 2.36 bits per heavy atom. The molecule has 0 bridgehead atoms. The van der Waals surface area contributed by atoms with Crippen molar-refractivity contribution in [3.8, 4) is 16.9 Å². The van der Waals surface area contributed by atoms with Crippen LogP contribution in [0.3, 0.4) is 0 Å². The third-order valence-corrected chi connectivity index (χ3v) is 4.87. The van der Waals surface area contributed by atoms with E-state index in [1.807, 2.05) is 0 Å². The summed E-state index contributed by atoms with van der Waals surface area (Å²) in [6.45, 7) is 4.38. The maximum absolute atomic E-state index is 2.40. The Morgan fingerprint density at radius 2 is 1.64 bits per heavy atom. The molecule has 0 aliphatic heterocycles. The van der Waals surface area contributed by atoms with Crippen molar-refractivity contribution in [1.82, 2.24) is 4.57 Å². The van der Waals surface area contributed by atoms with Gasteiger partial charge in [0.25, 0.3) is 0 Å². The van der Waals surface area contributed by atoms with Gasteiger partial charge in [0.1, 0.15) is 0 Å². The van der Waals surface area contributed by atoms with Crippen molar-refractivity contribution in [3.05, 3.63) is 76.5 Å². The van der Waals surface area contributed by atoms with E-state index in [4.69, 9.17) is 0 Å². The minimum absolute atomic E-state index is 1.26. The molecule has 108 valence electrons. The second-order valence-electron chi connectivity index (χ2n) is 5.68. The van der Waals surface area contributed by atoms with Gasteiger partial charge in [0.2, 0.25) is 0 Å². The van der Waals surface area contributed by atoms with Gasteiger partial charge in [0.15, 0.2) is 0 Å². The zero-order chi connectivity index (χ0) is 15.1. The molecule has 1 nitrogen and oxygen atoms in total. The van der Waals surface area contributed by atoms with Crippen LogP contribution in [0, 0.1) is 13.8 Å². The lowest BCUT2D eigenvalue weighted by Crippen LogP contribution is -2.01. The van der Waals surface area contributed by atoms with E-state index >= 15 is 0 Å². The number of hydrogen-bond acceptors (Lipinski definition) is 1. The Hall–Kier alpha value is -2.32. The Balaban J connectivity index is 2.14. The molecule has 0 saturated heterocycles. The molecule has 22 heavy (non-hydrogen) atoms. The highest BCUT2D eigenvalue weighted by atomic mass is 32.1. The zero-order valence-corrected chi connectivity index (χ0v) is 13.5. The lowest BCUT2D eigenvalue weighted by molar-refractivity contribution is 1.09. The molecular weight excluding hydrogens is 286 g/mol. The molecule has 0 N–H and O–H groups in total. The molecule has 0 aliphatic rings. The third-order valence-electron chi connectivity index (χ3n) is 4.19. The van der Waals surface area contributed by atoms with Crippen LogP contribution in [0.2, 0.25) is 0 Å². The number of aromatic nitrogens is 1. The summed E-state index contributed by atoms with van der Waals surface area (Å²) in [5.41, 5.74) is 7.71. The van der Waals surface area contributed by atoms with E-state index in [2.05, 4.69) is 83.8 Å². The van der Waals surface area contributed by atoms with Crippen molar-refractivity contribution < 1.29 is 0 Å². The van der Waals surface area contributed by atoms with Gasteiger partial charge in [0, 0.05) is 16.3 Å². The number of aryl methyl sites for hydroxylation is 2. The minimum atomic E-state index is 1.26. The van der Waals surface area contributed by atoms with E-state index in [1.54, 1.807) is 11.3 Å². The van der Waals surface area contributed by atoms with Crippen molar-refractivity contribution in [2.45, 2.75) is 13.8 Å². The van der Waals surface area contributed by atoms with Gasteiger partial charge in [-0.05, 0) is 48.6 Å². The summed E-state index contributed by atoms with van der Waals surface area (Å²) in [7, 11) is 0. The van der Waals surface area contributed by atoms with Gasteiger partial charge in [-0.3, -0.25) is 0 Å². The van der Waals surface area contributed by atoms with Crippen LogP contribution in [0.5, 0.6) is 0 Å². The van der Waals surface area contributed by atoms with Crippen molar-refractivity contribution in [1.29, 1.82) is 0 Å². The molecule has 0 atom stereocenters. The number of hydrogen-bond donors (Lipinski definition) is 0. The number of para-hydroxylation sites is 2. The summed E-state index contributed by atoms with van der Waals surface area (Å²) in [5.74, 6) is 0. The summed E-state index contributed by atoms with van der Waals surface area (Å²) in [6.07, 6.45) is 0. The first-order valence-electron chi connectivity index (χ1n) is 7.45. The second kappa shape index (κ2) is 5.15. The highest BCUT2D eigenvalue weighted by molar-refractivity contribution is 7.08. The van der Waals surface area contributed by atoms with Gasteiger partial charge < -0.3 is 4.57 Å². The molecular formula is C20H17NS. The normalized spacial score (nSPS) is 11.2. The number of thiophene rings is 1. The quantitative estimate of drug-likeness (QED) is 0.429. The van der Waals surface area contributed by atoms with Gasteiger partial charge in [-0.1, -0.05) is 36.4 Å².